The van der Waals surface area contributed by atoms with Gasteiger partial charge in [0.1, 0.15) is 6.07 Å². The molecule has 0 aliphatic heterocycles. The van der Waals surface area contributed by atoms with Crippen LogP contribution < -0.4 is 0 Å². The topological polar surface area (TPSA) is 84.2 Å². The number of allylic oxidation sites excluding steroid dienone is 1. The molecule has 0 radical (unpaired) electrons. The van der Waals surface area contributed by atoms with Crippen LogP contribution in [0.1, 0.15) is 20.8 Å². The van der Waals surface area contributed by atoms with Crippen molar-refractivity contribution in [3.8, 4) is 6.07 Å². The zero-order chi connectivity index (χ0) is 12.9. The van der Waals surface area contributed by atoms with Crippen LogP contribution in [0.2, 0.25) is 0 Å². The van der Waals surface area contributed by atoms with E-state index < -0.39 is 31.0 Å². The quantitative estimate of drug-likeness (QED) is 0.435. The molecule has 0 aliphatic rings. The molecule has 0 amide bonds. The van der Waals surface area contributed by atoms with Gasteiger partial charge in [0.05, 0.1) is 11.9 Å². The third-order valence-corrected chi connectivity index (χ3v) is 4.22. The fourth-order valence-corrected chi connectivity index (χ4v) is 2.11. The van der Waals surface area contributed by atoms with E-state index in [1.54, 1.807) is 6.92 Å². The number of halogens is 1. The molecule has 0 saturated carbocycles. The van der Waals surface area contributed by atoms with E-state index >= 15 is 0 Å². The van der Waals surface area contributed by atoms with Gasteiger partial charge in [-0.15, -0.1) is 0 Å². The second kappa shape index (κ2) is 5.87. The smallest absolute Gasteiger partial charge is 0.351 e. The molecule has 0 fully saturated rings. The second-order valence-corrected chi connectivity index (χ2v) is 5.89. The summed E-state index contributed by atoms with van der Waals surface area (Å²) in [5.74, 6) is -1.01. The van der Waals surface area contributed by atoms with Gasteiger partial charge in [-0.3, -0.25) is 0 Å². The van der Waals surface area contributed by atoms with Crippen molar-refractivity contribution in [1.29, 1.82) is 5.26 Å². The first kappa shape index (κ1) is 14.9. The van der Waals surface area contributed by atoms with Crippen LogP contribution in [0.5, 0.6) is 0 Å². The van der Waals surface area contributed by atoms with E-state index in [-0.39, 0.29) is 6.61 Å². The van der Waals surface area contributed by atoms with E-state index in [0.29, 0.717) is 0 Å². The highest BCUT2D eigenvalue weighted by molar-refractivity contribution is 7.96. The molecule has 0 rings (SSSR count). The van der Waals surface area contributed by atoms with Crippen molar-refractivity contribution < 1.29 is 17.9 Å². The minimum absolute atomic E-state index is 0.0511. The average molecular weight is 266 g/mol. The predicted molar refractivity (Wildman–Crippen MR) is 59.2 cm³/mol. The van der Waals surface area contributed by atoms with Crippen molar-refractivity contribution in [2.45, 2.75) is 26.0 Å². The SMILES string of the molecule is CCOC(=O)/C(Cl)=C(\C#N)S(=O)(=O)C(C)C. The van der Waals surface area contributed by atoms with Gasteiger partial charge in [-0.25, -0.2) is 13.2 Å². The molecule has 90 valence electrons. The maximum absolute atomic E-state index is 11.6. The second-order valence-electron chi connectivity index (χ2n) is 3.07. The molecule has 0 aromatic rings. The fraction of sp³-hybridized carbons (Fsp3) is 0.556. The van der Waals surface area contributed by atoms with Crippen molar-refractivity contribution in [3.05, 3.63) is 9.94 Å². The summed E-state index contributed by atoms with van der Waals surface area (Å²) in [6, 6.07) is 1.42. The molecule has 7 heteroatoms. The number of esters is 1. The number of sulfone groups is 1. The largest absolute Gasteiger partial charge is 0.462 e. The van der Waals surface area contributed by atoms with Crippen LogP contribution in [0.15, 0.2) is 9.94 Å². The van der Waals surface area contributed by atoms with Gasteiger partial charge in [0.2, 0.25) is 0 Å². The molecule has 0 heterocycles. The van der Waals surface area contributed by atoms with Gasteiger partial charge in [0.25, 0.3) is 0 Å². The first-order valence-corrected chi connectivity index (χ1v) is 6.42. The van der Waals surface area contributed by atoms with Crippen molar-refractivity contribution >= 4 is 27.4 Å². The Hall–Kier alpha value is -1.06. The molecular formula is C9H12ClNO4S. The van der Waals surface area contributed by atoms with Crippen molar-refractivity contribution in [1.82, 2.24) is 0 Å². The Labute approximate surface area is 99.6 Å². The molecule has 0 unspecified atom stereocenters. The lowest BCUT2D eigenvalue weighted by atomic mass is 10.5. The Morgan fingerprint density at radius 2 is 2.00 bits per heavy atom. The summed E-state index contributed by atoms with van der Waals surface area (Å²) in [4.78, 5) is 10.4. The lowest BCUT2D eigenvalue weighted by molar-refractivity contribution is -0.137. The van der Waals surface area contributed by atoms with E-state index in [0.717, 1.165) is 0 Å². The zero-order valence-electron chi connectivity index (χ0n) is 9.15. The summed E-state index contributed by atoms with van der Waals surface area (Å²) in [5, 5.41) is 7.19. The van der Waals surface area contributed by atoms with E-state index in [4.69, 9.17) is 16.9 Å². The van der Waals surface area contributed by atoms with Gasteiger partial charge in [-0.05, 0) is 20.8 Å². The minimum Gasteiger partial charge on any atom is -0.462 e. The Morgan fingerprint density at radius 1 is 1.50 bits per heavy atom. The first-order valence-electron chi connectivity index (χ1n) is 4.49. The molecule has 0 aromatic carbocycles. The van der Waals surface area contributed by atoms with E-state index in [1.165, 1.54) is 19.9 Å². The van der Waals surface area contributed by atoms with Gasteiger partial charge in [0, 0.05) is 0 Å². The molecule has 0 atom stereocenters. The standard InChI is InChI=1S/C9H12ClNO4S/c1-4-15-9(12)8(10)7(5-11)16(13,14)6(2)3/h6H,4H2,1-3H3/b8-7-. The highest BCUT2D eigenvalue weighted by Crippen LogP contribution is 2.20. The third kappa shape index (κ3) is 3.22. The lowest BCUT2D eigenvalue weighted by Crippen LogP contribution is -2.18. The third-order valence-electron chi connectivity index (χ3n) is 1.66. The molecule has 0 spiro atoms. The van der Waals surface area contributed by atoms with Crippen molar-refractivity contribution in [2.24, 2.45) is 0 Å². The van der Waals surface area contributed by atoms with Crippen LogP contribution in [0.4, 0.5) is 0 Å². The van der Waals surface area contributed by atoms with Crippen LogP contribution in [-0.4, -0.2) is 26.2 Å². The molecule has 0 saturated heterocycles. The summed E-state index contributed by atoms with van der Waals surface area (Å²) in [6.07, 6.45) is 0. The van der Waals surface area contributed by atoms with Crippen LogP contribution in [0, 0.1) is 11.3 Å². The van der Waals surface area contributed by atoms with Crippen LogP contribution in [0.25, 0.3) is 0 Å². The summed E-state index contributed by atoms with van der Waals surface area (Å²) < 4.78 is 27.8. The summed E-state index contributed by atoms with van der Waals surface area (Å²) in [6.45, 7) is 4.38. The number of rotatable bonds is 4. The van der Waals surface area contributed by atoms with Crippen molar-refractivity contribution in [2.75, 3.05) is 6.61 Å². The van der Waals surface area contributed by atoms with Gasteiger partial charge >= 0.3 is 5.97 Å². The summed E-state index contributed by atoms with van der Waals surface area (Å²) in [7, 11) is -3.87. The number of carbonyl (C=O) groups is 1. The van der Waals surface area contributed by atoms with Crippen LogP contribution in [-0.2, 0) is 19.4 Å². The Balaban J connectivity index is 5.55. The minimum atomic E-state index is -3.87. The van der Waals surface area contributed by atoms with Gasteiger partial charge < -0.3 is 4.74 Å². The normalized spacial score (nSPS) is 13.0. The molecule has 5 nitrogen and oxygen atoms in total. The maximum atomic E-state index is 11.6. The average Bonchev–Trinajstić information content (AvgIpc) is 2.18. The first-order chi connectivity index (χ1) is 7.28. The zero-order valence-corrected chi connectivity index (χ0v) is 10.7. The van der Waals surface area contributed by atoms with Crippen molar-refractivity contribution in [3.63, 3.8) is 0 Å². The van der Waals surface area contributed by atoms with Gasteiger partial charge in [-0.1, -0.05) is 11.6 Å². The lowest BCUT2D eigenvalue weighted by Gasteiger charge is -2.07. The Morgan fingerprint density at radius 3 is 2.31 bits per heavy atom. The Bertz CT molecular complexity index is 445. The summed E-state index contributed by atoms with van der Waals surface area (Å²) in [5.41, 5.74) is 0. The van der Waals surface area contributed by atoms with E-state index in [2.05, 4.69) is 4.74 Å². The molecule has 0 aromatic heterocycles. The molecular weight excluding hydrogens is 254 g/mol. The van der Waals surface area contributed by atoms with Gasteiger partial charge in [0.15, 0.2) is 19.8 Å². The molecule has 0 aliphatic carbocycles. The molecule has 16 heavy (non-hydrogen) atoms. The molecule has 0 N–H and O–H groups in total. The number of nitriles is 1. The number of hydrogen-bond acceptors (Lipinski definition) is 5. The predicted octanol–water partition coefficient (Wildman–Crippen LogP) is 1.35. The van der Waals surface area contributed by atoms with Gasteiger partial charge in [-0.2, -0.15) is 5.26 Å². The monoisotopic (exact) mass is 265 g/mol. The highest BCUT2D eigenvalue weighted by Gasteiger charge is 2.28. The molecule has 0 bridgehead atoms. The number of hydrogen-bond donors (Lipinski definition) is 0. The van der Waals surface area contributed by atoms with Crippen LogP contribution >= 0.6 is 11.6 Å². The maximum Gasteiger partial charge on any atom is 0.351 e. The number of nitrogens with zero attached hydrogens (tertiary/aromatic N) is 1. The van der Waals surface area contributed by atoms with E-state index in [1.807, 2.05) is 0 Å². The summed E-state index contributed by atoms with van der Waals surface area (Å²) >= 11 is 5.51. The Kier molecular flexibility index (Phi) is 5.48. The fourth-order valence-electron chi connectivity index (χ4n) is 0.760. The highest BCUT2D eigenvalue weighted by atomic mass is 35.5. The van der Waals surface area contributed by atoms with E-state index in [9.17, 15) is 13.2 Å². The number of ether oxygens (including phenoxy) is 1. The van der Waals surface area contributed by atoms with Crippen LogP contribution in [0.3, 0.4) is 0 Å². The number of carbonyl (C=O) groups excluding carboxylic acids is 1.